The maximum absolute atomic E-state index is 11.6. The van der Waals surface area contributed by atoms with Crippen molar-refractivity contribution in [2.75, 3.05) is 0 Å². The molecule has 98 valence electrons. The summed E-state index contributed by atoms with van der Waals surface area (Å²) in [6.07, 6.45) is 0. The van der Waals surface area contributed by atoms with E-state index in [1.807, 2.05) is 0 Å². The van der Waals surface area contributed by atoms with Crippen LogP contribution in [0, 0.1) is 13.8 Å². The number of thiophene rings is 2. The van der Waals surface area contributed by atoms with Crippen LogP contribution in [-0.4, -0.2) is 14.4 Å². The molecule has 0 saturated carbocycles. The predicted octanol–water partition coefficient (Wildman–Crippen LogP) is 2.87. The Bertz CT molecular complexity index is 497. The van der Waals surface area contributed by atoms with E-state index in [4.69, 9.17) is 8.37 Å². The molecule has 0 aliphatic heterocycles. The molecule has 0 saturated heterocycles. The molecule has 0 spiro atoms. The Morgan fingerprint density at radius 2 is 1.39 bits per heavy atom. The monoisotopic (exact) mass is 306 g/mol. The van der Waals surface area contributed by atoms with Gasteiger partial charge in [0.15, 0.2) is 23.0 Å². The lowest BCUT2D eigenvalue weighted by atomic mass is 10.4. The van der Waals surface area contributed by atoms with Gasteiger partial charge in [0.05, 0.1) is 0 Å². The molecule has 0 atom stereocenters. The van der Waals surface area contributed by atoms with Gasteiger partial charge in [-0.05, 0) is 13.8 Å². The van der Waals surface area contributed by atoms with Gasteiger partial charge < -0.3 is 18.6 Å². The summed E-state index contributed by atoms with van der Waals surface area (Å²) in [4.78, 5) is 1.38. The van der Waals surface area contributed by atoms with Crippen molar-refractivity contribution in [1.82, 2.24) is 0 Å². The third-order valence-corrected chi connectivity index (χ3v) is 4.47. The number of aromatic hydroxyl groups is 2. The molecule has 0 aliphatic carbocycles. The van der Waals surface area contributed by atoms with Crippen molar-refractivity contribution in [2.45, 2.75) is 13.8 Å². The minimum atomic E-state index is -2.13. The highest BCUT2D eigenvalue weighted by Crippen LogP contribution is 2.38. The van der Waals surface area contributed by atoms with Crippen LogP contribution in [0.25, 0.3) is 0 Å². The van der Waals surface area contributed by atoms with Gasteiger partial charge in [-0.2, -0.15) is 4.21 Å². The maximum atomic E-state index is 11.6. The Morgan fingerprint density at radius 1 is 1.00 bits per heavy atom. The van der Waals surface area contributed by atoms with Crippen molar-refractivity contribution in [3.8, 4) is 23.0 Å². The van der Waals surface area contributed by atoms with E-state index in [0.29, 0.717) is 9.75 Å². The summed E-state index contributed by atoms with van der Waals surface area (Å²) in [7, 11) is 0. The highest BCUT2D eigenvalue weighted by molar-refractivity contribution is 7.76. The fraction of sp³-hybridized carbons (Fsp3) is 0.200. The quantitative estimate of drug-likeness (QED) is 0.908. The summed E-state index contributed by atoms with van der Waals surface area (Å²) in [5.41, 5.74) is 0. The topological polar surface area (TPSA) is 76.0 Å². The molecule has 2 aromatic heterocycles. The molecular weight excluding hydrogens is 296 g/mol. The van der Waals surface area contributed by atoms with Crippen molar-refractivity contribution >= 4 is 34.0 Å². The molecule has 2 aromatic rings. The molecule has 0 radical (unpaired) electrons. The van der Waals surface area contributed by atoms with Crippen LogP contribution in [0.5, 0.6) is 23.0 Å². The van der Waals surface area contributed by atoms with Crippen LogP contribution in [0.4, 0.5) is 0 Å². The van der Waals surface area contributed by atoms with E-state index < -0.39 is 11.4 Å². The molecule has 2 N–H and O–H groups in total. The third-order valence-electron chi connectivity index (χ3n) is 2.10. The number of hydrogen-bond donors (Lipinski definition) is 2. The lowest BCUT2D eigenvalue weighted by Crippen LogP contribution is -2.08. The summed E-state index contributed by atoms with van der Waals surface area (Å²) in [6, 6.07) is 0. The molecule has 0 aliphatic rings. The van der Waals surface area contributed by atoms with Gasteiger partial charge in [-0.1, -0.05) is 0 Å². The van der Waals surface area contributed by atoms with E-state index in [1.54, 1.807) is 13.8 Å². The second-order valence-electron chi connectivity index (χ2n) is 3.38. The summed E-state index contributed by atoms with van der Waals surface area (Å²) in [5, 5.41) is 21.9. The second-order valence-corrected chi connectivity index (χ2v) is 6.29. The van der Waals surface area contributed by atoms with Gasteiger partial charge in [0, 0.05) is 20.5 Å². The molecule has 2 rings (SSSR count). The molecule has 0 aromatic carbocycles. The van der Waals surface area contributed by atoms with Crippen LogP contribution in [0.3, 0.4) is 0 Å². The fourth-order valence-corrected chi connectivity index (χ4v) is 3.35. The molecule has 5 nitrogen and oxygen atoms in total. The second kappa shape index (κ2) is 5.17. The summed E-state index contributed by atoms with van der Waals surface area (Å²) in [5.74, 6) is 0.0952. The number of rotatable bonds is 4. The van der Waals surface area contributed by atoms with Gasteiger partial charge in [0.1, 0.15) is 0 Å². The first kappa shape index (κ1) is 13.2. The Hall–Kier alpha value is -1.25. The minimum absolute atomic E-state index is 0.0827. The minimum Gasteiger partial charge on any atom is -0.504 e. The van der Waals surface area contributed by atoms with Gasteiger partial charge >= 0.3 is 11.4 Å². The third kappa shape index (κ3) is 2.60. The first-order chi connectivity index (χ1) is 8.49. The Morgan fingerprint density at radius 3 is 1.67 bits per heavy atom. The summed E-state index contributed by atoms with van der Waals surface area (Å²) >= 11 is 0.423. The zero-order valence-electron chi connectivity index (χ0n) is 9.50. The van der Waals surface area contributed by atoms with Crippen molar-refractivity contribution in [3.05, 3.63) is 20.5 Å². The van der Waals surface area contributed by atoms with E-state index in [9.17, 15) is 14.4 Å². The fourth-order valence-electron chi connectivity index (χ4n) is 1.22. The summed E-state index contributed by atoms with van der Waals surface area (Å²) < 4.78 is 21.6. The largest absolute Gasteiger partial charge is 0.504 e. The zero-order valence-corrected chi connectivity index (χ0v) is 11.9. The van der Waals surface area contributed by atoms with E-state index in [-0.39, 0.29) is 23.0 Å². The van der Waals surface area contributed by atoms with Gasteiger partial charge in [-0.3, -0.25) is 0 Å². The predicted molar refractivity (Wildman–Crippen MR) is 70.8 cm³/mol. The van der Waals surface area contributed by atoms with Crippen molar-refractivity contribution < 1.29 is 22.8 Å². The van der Waals surface area contributed by atoms with E-state index in [2.05, 4.69) is 0 Å². The van der Waals surface area contributed by atoms with Gasteiger partial charge in [0.2, 0.25) is 0 Å². The van der Waals surface area contributed by atoms with Crippen LogP contribution in [0.15, 0.2) is 10.8 Å². The van der Waals surface area contributed by atoms with Crippen LogP contribution >= 0.6 is 22.7 Å². The van der Waals surface area contributed by atoms with Gasteiger partial charge in [0.25, 0.3) is 0 Å². The molecule has 2 heterocycles. The SMILES string of the molecule is Cc1scc(O)c1OS(=O)Oc1c(O)csc1C. The van der Waals surface area contributed by atoms with E-state index >= 15 is 0 Å². The van der Waals surface area contributed by atoms with Crippen LogP contribution in [0.1, 0.15) is 9.75 Å². The molecule has 0 unspecified atom stereocenters. The number of hydrogen-bond acceptors (Lipinski definition) is 7. The van der Waals surface area contributed by atoms with Gasteiger partial charge in [-0.25, -0.2) is 0 Å². The standard InChI is InChI=1S/C10H10O5S3/c1-5-9(7(11)3-16-5)14-18(13)15-10-6(2)17-4-8(10)12/h3-4,11-12H,1-2H3. The summed E-state index contributed by atoms with van der Waals surface area (Å²) in [6.45, 7) is 3.45. The maximum Gasteiger partial charge on any atom is 0.418 e. The van der Waals surface area contributed by atoms with E-state index in [1.165, 1.54) is 33.4 Å². The molecular formula is C10H10O5S3. The van der Waals surface area contributed by atoms with Crippen LogP contribution in [0.2, 0.25) is 0 Å². The smallest absolute Gasteiger partial charge is 0.418 e. The van der Waals surface area contributed by atoms with Gasteiger partial charge in [-0.15, -0.1) is 22.7 Å². The molecule has 0 fully saturated rings. The average molecular weight is 306 g/mol. The molecule has 18 heavy (non-hydrogen) atoms. The van der Waals surface area contributed by atoms with Crippen molar-refractivity contribution in [2.24, 2.45) is 0 Å². The first-order valence-electron chi connectivity index (χ1n) is 4.81. The molecule has 0 bridgehead atoms. The first-order valence-corrected chi connectivity index (χ1v) is 7.57. The number of aryl methyl sites for hydroxylation is 2. The highest BCUT2D eigenvalue weighted by Gasteiger charge is 2.18. The van der Waals surface area contributed by atoms with Crippen molar-refractivity contribution in [3.63, 3.8) is 0 Å². The normalized spacial score (nSPS) is 10.8. The van der Waals surface area contributed by atoms with Crippen LogP contribution in [-0.2, 0) is 11.4 Å². The lowest BCUT2D eigenvalue weighted by molar-refractivity contribution is 0.406. The lowest BCUT2D eigenvalue weighted by Gasteiger charge is -2.05. The Kier molecular flexibility index (Phi) is 3.79. The zero-order chi connectivity index (χ0) is 13.3. The Labute approximate surface area is 114 Å². The molecule has 8 heteroatoms. The highest BCUT2D eigenvalue weighted by atomic mass is 32.2. The van der Waals surface area contributed by atoms with Crippen LogP contribution < -0.4 is 8.37 Å². The average Bonchev–Trinajstić information content (AvgIpc) is 2.79. The Balaban J connectivity index is 2.10. The van der Waals surface area contributed by atoms with Crippen molar-refractivity contribution in [1.29, 1.82) is 0 Å². The van der Waals surface area contributed by atoms with E-state index in [0.717, 1.165) is 0 Å². The molecule has 0 amide bonds.